The second-order valence-corrected chi connectivity index (χ2v) is 3.42. The molecule has 0 aliphatic carbocycles. The van der Waals surface area contributed by atoms with Crippen LogP contribution in [0.3, 0.4) is 0 Å². The number of nitrogens with zero attached hydrogens (tertiary/aromatic N) is 2. The molecule has 17 heavy (non-hydrogen) atoms. The second kappa shape index (κ2) is 6.41. The molecule has 1 aromatic rings. The topological polar surface area (TPSA) is 112 Å². The molecule has 0 aromatic carbocycles. The lowest BCUT2D eigenvalue weighted by atomic mass is 10.0. The predicted octanol–water partition coefficient (Wildman–Crippen LogP) is 0.454. The summed E-state index contributed by atoms with van der Waals surface area (Å²) in [6, 6.07) is 1.64. The molecule has 1 heterocycles. The van der Waals surface area contributed by atoms with Gasteiger partial charge >= 0.3 is 11.9 Å². The van der Waals surface area contributed by atoms with Gasteiger partial charge in [-0.3, -0.25) is 9.59 Å². The summed E-state index contributed by atoms with van der Waals surface area (Å²) in [5.41, 5.74) is 0. The van der Waals surface area contributed by atoms with E-state index >= 15 is 0 Å². The summed E-state index contributed by atoms with van der Waals surface area (Å²) in [6.07, 6.45) is 2.96. The Morgan fingerprint density at radius 3 is 2.47 bits per heavy atom. The molecule has 1 aromatic heterocycles. The number of aliphatic carboxylic acids is 2. The number of carboxylic acid groups (broad SMARTS) is 2. The molecule has 0 saturated carbocycles. The minimum absolute atomic E-state index is 0.0739. The zero-order valence-electron chi connectivity index (χ0n) is 9.04. The van der Waals surface area contributed by atoms with Crippen LogP contribution in [0.5, 0.6) is 0 Å². The molecule has 7 nitrogen and oxygen atoms in total. The van der Waals surface area contributed by atoms with Crippen molar-refractivity contribution in [1.82, 2.24) is 9.97 Å². The van der Waals surface area contributed by atoms with Gasteiger partial charge in [0, 0.05) is 25.4 Å². The van der Waals surface area contributed by atoms with Crippen LogP contribution in [0, 0.1) is 5.92 Å². The van der Waals surface area contributed by atoms with Crippen molar-refractivity contribution in [3.63, 3.8) is 0 Å². The van der Waals surface area contributed by atoms with E-state index in [4.69, 9.17) is 10.2 Å². The molecule has 92 valence electrons. The van der Waals surface area contributed by atoms with Gasteiger partial charge in [-0.1, -0.05) is 0 Å². The highest BCUT2D eigenvalue weighted by Crippen LogP contribution is 2.08. The highest BCUT2D eigenvalue weighted by atomic mass is 16.4. The van der Waals surface area contributed by atoms with Crippen LogP contribution in [-0.2, 0) is 9.59 Å². The Balaban J connectivity index is 2.45. The summed E-state index contributed by atoms with van der Waals surface area (Å²) in [5, 5.41) is 20.1. The van der Waals surface area contributed by atoms with Gasteiger partial charge in [0.05, 0.1) is 5.92 Å². The summed E-state index contributed by atoms with van der Waals surface area (Å²) < 4.78 is 0. The molecular weight excluding hydrogens is 226 g/mol. The zero-order valence-corrected chi connectivity index (χ0v) is 9.04. The number of anilines is 1. The Morgan fingerprint density at radius 2 is 1.94 bits per heavy atom. The summed E-state index contributed by atoms with van der Waals surface area (Å²) in [5.74, 6) is -2.48. The molecule has 1 unspecified atom stereocenters. The van der Waals surface area contributed by atoms with Crippen LogP contribution in [0.25, 0.3) is 0 Å². The van der Waals surface area contributed by atoms with Crippen molar-refractivity contribution in [2.45, 2.75) is 12.8 Å². The molecule has 0 saturated heterocycles. The van der Waals surface area contributed by atoms with Gasteiger partial charge in [-0.25, -0.2) is 9.97 Å². The van der Waals surface area contributed by atoms with Gasteiger partial charge in [0.2, 0.25) is 5.95 Å². The molecule has 0 bridgehead atoms. The van der Waals surface area contributed by atoms with E-state index in [1.54, 1.807) is 6.07 Å². The van der Waals surface area contributed by atoms with Crippen LogP contribution < -0.4 is 5.32 Å². The second-order valence-electron chi connectivity index (χ2n) is 3.42. The van der Waals surface area contributed by atoms with E-state index in [0.29, 0.717) is 5.95 Å². The molecule has 0 aliphatic heterocycles. The monoisotopic (exact) mass is 239 g/mol. The lowest BCUT2D eigenvalue weighted by Crippen LogP contribution is -2.24. The average Bonchev–Trinajstić information content (AvgIpc) is 2.29. The lowest BCUT2D eigenvalue weighted by Gasteiger charge is -2.11. The number of hydrogen-bond donors (Lipinski definition) is 3. The van der Waals surface area contributed by atoms with Crippen molar-refractivity contribution in [3.8, 4) is 0 Å². The fourth-order valence-corrected chi connectivity index (χ4v) is 1.22. The lowest BCUT2D eigenvalue weighted by molar-refractivity contribution is -0.142. The smallest absolute Gasteiger partial charge is 0.308 e. The van der Waals surface area contributed by atoms with Crippen molar-refractivity contribution in [3.05, 3.63) is 18.5 Å². The summed E-state index contributed by atoms with van der Waals surface area (Å²) >= 11 is 0. The maximum absolute atomic E-state index is 10.9. The third-order valence-corrected chi connectivity index (χ3v) is 2.13. The fraction of sp³-hybridized carbons (Fsp3) is 0.400. The Bertz CT molecular complexity index is 382. The first-order chi connectivity index (χ1) is 8.09. The minimum Gasteiger partial charge on any atom is -0.481 e. The number of hydrogen-bond acceptors (Lipinski definition) is 5. The first kappa shape index (κ1) is 12.9. The van der Waals surface area contributed by atoms with E-state index in [0.717, 1.165) is 0 Å². The average molecular weight is 239 g/mol. The van der Waals surface area contributed by atoms with Crippen LogP contribution in [0.15, 0.2) is 18.5 Å². The molecule has 0 radical (unpaired) electrons. The van der Waals surface area contributed by atoms with E-state index in [1.165, 1.54) is 12.4 Å². The highest BCUT2D eigenvalue weighted by Gasteiger charge is 2.18. The maximum Gasteiger partial charge on any atom is 0.308 e. The van der Waals surface area contributed by atoms with Crippen molar-refractivity contribution < 1.29 is 19.8 Å². The van der Waals surface area contributed by atoms with E-state index < -0.39 is 17.9 Å². The van der Waals surface area contributed by atoms with E-state index in [2.05, 4.69) is 15.3 Å². The van der Waals surface area contributed by atoms with E-state index in [9.17, 15) is 9.59 Å². The van der Waals surface area contributed by atoms with Gasteiger partial charge in [0.1, 0.15) is 0 Å². The first-order valence-corrected chi connectivity index (χ1v) is 5.05. The van der Waals surface area contributed by atoms with Crippen LogP contribution in [0.2, 0.25) is 0 Å². The van der Waals surface area contributed by atoms with Gasteiger partial charge in [-0.2, -0.15) is 0 Å². The fourth-order valence-electron chi connectivity index (χ4n) is 1.22. The molecule has 0 aliphatic rings. The quantitative estimate of drug-likeness (QED) is 0.633. The molecule has 0 amide bonds. The van der Waals surface area contributed by atoms with E-state index in [1.807, 2.05) is 0 Å². The number of aromatic nitrogens is 2. The third kappa shape index (κ3) is 4.92. The molecular formula is C10H13N3O4. The van der Waals surface area contributed by atoms with Gasteiger partial charge in [0.25, 0.3) is 0 Å². The highest BCUT2D eigenvalue weighted by molar-refractivity contribution is 5.72. The maximum atomic E-state index is 10.9. The summed E-state index contributed by atoms with van der Waals surface area (Å²) in [6.45, 7) is 0.104. The third-order valence-electron chi connectivity index (χ3n) is 2.13. The summed E-state index contributed by atoms with van der Waals surface area (Å²) in [4.78, 5) is 29.0. The zero-order chi connectivity index (χ0) is 12.7. The summed E-state index contributed by atoms with van der Waals surface area (Å²) in [7, 11) is 0. The van der Waals surface area contributed by atoms with Crippen LogP contribution in [0.1, 0.15) is 12.8 Å². The van der Waals surface area contributed by atoms with Crippen molar-refractivity contribution >= 4 is 17.9 Å². The number of carbonyl (C=O) groups is 2. The number of carboxylic acids is 2. The molecule has 1 atom stereocenters. The molecule has 1 rings (SSSR count). The Hall–Kier alpha value is -2.18. The predicted molar refractivity (Wildman–Crippen MR) is 58.5 cm³/mol. The molecule has 0 fully saturated rings. The van der Waals surface area contributed by atoms with Crippen molar-refractivity contribution in [2.24, 2.45) is 5.92 Å². The molecule has 0 spiro atoms. The van der Waals surface area contributed by atoms with Crippen molar-refractivity contribution in [2.75, 3.05) is 11.9 Å². The normalized spacial score (nSPS) is 11.8. The van der Waals surface area contributed by atoms with Crippen LogP contribution >= 0.6 is 0 Å². The minimum atomic E-state index is -1.03. The molecule has 3 N–H and O–H groups in total. The Kier molecular flexibility index (Phi) is 4.86. The van der Waals surface area contributed by atoms with Gasteiger partial charge in [-0.05, 0) is 12.5 Å². The van der Waals surface area contributed by atoms with Gasteiger partial charge in [-0.15, -0.1) is 0 Å². The van der Waals surface area contributed by atoms with Crippen LogP contribution in [0.4, 0.5) is 5.95 Å². The standard InChI is InChI=1S/C10H13N3O4/c14-8(15)3-2-7(9(16)17)6-13-10-11-4-1-5-12-10/h1,4-5,7H,2-3,6H2,(H,14,15)(H,16,17)(H,11,12,13). The van der Waals surface area contributed by atoms with Crippen molar-refractivity contribution in [1.29, 1.82) is 0 Å². The SMILES string of the molecule is O=C(O)CCC(CNc1ncccn1)C(=O)O. The van der Waals surface area contributed by atoms with Gasteiger partial charge < -0.3 is 15.5 Å². The Morgan fingerprint density at radius 1 is 1.29 bits per heavy atom. The Labute approximate surface area is 97.5 Å². The van der Waals surface area contributed by atoms with Crippen LogP contribution in [-0.4, -0.2) is 38.7 Å². The first-order valence-electron chi connectivity index (χ1n) is 5.05. The largest absolute Gasteiger partial charge is 0.481 e. The molecule has 7 heteroatoms. The number of rotatable bonds is 7. The number of nitrogens with one attached hydrogen (secondary N) is 1. The van der Waals surface area contributed by atoms with E-state index in [-0.39, 0.29) is 19.4 Å². The van der Waals surface area contributed by atoms with Gasteiger partial charge in [0.15, 0.2) is 0 Å².